The molecule has 3 rings (SSSR count). The van der Waals surface area contributed by atoms with E-state index in [1.807, 2.05) is 6.07 Å². The number of methoxy groups -OCH3 is 1. The Morgan fingerprint density at radius 3 is 2.35 bits per heavy atom. The van der Waals surface area contributed by atoms with Crippen molar-refractivity contribution in [2.45, 2.75) is 26.4 Å². The summed E-state index contributed by atoms with van der Waals surface area (Å²) in [5, 5.41) is 0. The maximum absolute atomic E-state index is 14.0. The summed E-state index contributed by atoms with van der Waals surface area (Å²) in [6.45, 7) is 7.06. The van der Waals surface area contributed by atoms with E-state index in [0.717, 1.165) is 12.7 Å². The summed E-state index contributed by atoms with van der Waals surface area (Å²) in [5.41, 5.74) is 10.4. The number of allylic oxidation sites excluding steroid dienone is 1. The molecule has 10 heteroatoms. The van der Waals surface area contributed by atoms with Crippen LogP contribution in [-0.2, 0) is 30.4 Å². The van der Waals surface area contributed by atoms with Gasteiger partial charge in [-0.2, -0.15) is 4.79 Å². The van der Waals surface area contributed by atoms with E-state index in [9.17, 15) is 24.7 Å². The molecule has 0 aromatic heterocycles. The van der Waals surface area contributed by atoms with Crippen molar-refractivity contribution in [2.24, 2.45) is 0 Å². The summed E-state index contributed by atoms with van der Waals surface area (Å²) in [5.74, 6) is -3.27. The first kappa shape index (κ1) is 26.8. The molecule has 10 nitrogen and oxygen atoms in total. The maximum Gasteiger partial charge on any atom is 0.463 e. The van der Waals surface area contributed by atoms with Crippen LogP contribution in [0, 0.1) is 0 Å². The quantitative estimate of drug-likeness (QED) is 0.179. The number of imide groups is 1. The molecule has 190 valence electrons. The van der Waals surface area contributed by atoms with Gasteiger partial charge in [-0.3, -0.25) is 9.69 Å². The number of amides is 3. The van der Waals surface area contributed by atoms with Crippen LogP contribution in [0.5, 0.6) is 0 Å². The van der Waals surface area contributed by atoms with Crippen LogP contribution in [0.4, 0.5) is 4.79 Å². The van der Waals surface area contributed by atoms with Crippen molar-refractivity contribution in [1.29, 1.82) is 0 Å². The number of urea groups is 1. The molecule has 3 amide bonds. The van der Waals surface area contributed by atoms with Gasteiger partial charge in [-0.1, -0.05) is 67.3 Å². The first-order valence-corrected chi connectivity index (χ1v) is 11.4. The van der Waals surface area contributed by atoms with E-state index in [0.29, 0.717) is 16.0 Å². The SMILES string of the molecule is C=Cc1ccccc1C1C(C(=O)OCC)=C(C)N(Cc2ccccc2)C(=O)N1C(=O)C(=[N+]=[N-])C(=O)OC. The topological polar surface area (TPSA) is 130 Å². The highest BCUT2D eigenvalue weighted by Gasteiger charge is 2.50. The van der Waals surface area contributed by atoms with Crippen molar-refractivity contribution >= 4 is 35.7 Å². The third-order valence-corrected chi connectivity index (χ3v) is 5.85. The van der Waals surface area contributed by atoms with Crippen molar-refractivity contribution in [3.8, 4) is 0 Å². The standard InChI is InChI=1S/C27H26N4O6/c1-5-19-14-10-11-15-20(19)23-21(25(33)37-6-2)17(3)30(16-18-12-8-7-9-13-18)27(35)31(23)24(32)22(29-28)26(34)36-4/h5,7-15,23H,1,6,16H2,2-4H3. The molecule has 1 atom stereocenters. The lowest BCUT2D eigenvalue weighted by Crippen LogP contribution is -2.55. The van der Waals surface area contributed by atoms with E-state index in [4.69, 9.17) is 4.74 Å². The number of hydrogen-bond acceptors (Lipinski definition) is 6. The number of nitrogens with zero attached hydrogens (tertiary/aromatic N) is 4. The van der Waals surface area contributed by atoms with E-state index in [-0.39, 0.29) is 24.4 Å². The van der Waals surface area contributed by atoms with Gasteiger partial charge in [0.15, 0.2) is 0 Å². The fourth-order valence-electron chi connectivity index (χ4n) is 4.10. The third kappa shape index (κ3) is 5.24. The molecule has 1 heterocycles. The van der Waals surface area contributed by atoms with Crippen LogP contribution in [0.25, 0.3) is 11.6 Å². The summed E-state index contributed by atoms with van der Waals surface area (Å²) in [6, 6.07) is 13.5. The molecular weight excluding hydrogens is 476 g/mol. The summed E-state index contributed by atoms with van der Waals surface area (Å²) < 4.78 is 9.90. The summed E-state index contributed by atoms with van der Waals surface area (Å²) in [6.07, 6.45) is 1.51. The van der Waals surface area contributed by atoms with Crippen LogP contribution in [-0.4, -0.2) is 57.9 Å². The number of benzene rings is 2. The van der Waals surface area contributed by atoms with Crippen LogP contribution < -0.4 is 0 Å². The first-order chi connectivity index (χ1) is 17.8. The van der Waals surface area contributed by atoms with Crippen molar-refractivity contribution in [3.63, 3.8) is 0 Å². The Balaban J connectivity index is 2.34. The molecule has 0 bridgehead atoms. The molecule has 1 unspecified atom stereocenters. The molecule has 0 aliphatic carbocycles. The molecular formula is C27H26N4O6. The second-order valence-corrected chi connectivity index (χ2v) is 7.92. The van der Waals surface area contributed by atoms with Crippen molar-refractivity contribution < 1.29 is 33.4 Å². The zero-order chi connectivity index (χ0) is 27.1. The average molecular weight is 503 g/mol. The molecule has 2 aromatic rings. The lowest BCUT2D eigenvalue weighted by molar-refractivity contribution is -0.142. The molecule has 0 fully saturated rings. The molecule has 2 aromatic carbocycles. The number of carbonyl (C=O) groups excluding carboxylic acids is 4. The number of ether oxygens (including phenoxy) is 2. The van der Waals surface area contributed by atoms with E-state index < -0.39 is 35.6 Å². The maximum atomic E-state index is 14.0. The van der Waals surface area contributed by atoms with Gasteiger partial charge in [0.2, 0.25) is 0 Å². The Kier molecular flexibility index (Phi) is 8.50. The zero-order valence-corrected chi connectivity index (χ0v) is 20.7. The summed E-state index contributed by atoms with van der Waals surface area (Å²) in [4.78, 5) is 57.9. The Morgan fingerprint density at radius 2 is 1.76 bits per heavy atom. The lowest BCUT2D eigenvalue weighted by atomic mass is 9.89. The minimum Gasteiger partial charge on any atom is -0.463 e. The normalized spacial score (nSPS) is 15.1. The Bertz CT molecular complexity index is 1330. The van der Waals surface area contributed by atoms with Gasteiger partial charge in [0.25, 0.3) is 0 Å². The molecule has 0 saturated heterocycles. The summed E-state index contributed by atoms with van der Waals surface area (Å²) in [7, 11) is 0.999. The smallest absolute Gasteiger partial charge is 0.463 e. The molecule has 0 N–H and O–H groups in total. The fraction of sp³-hybridized carbons (Fsp3) is 0.222. The molecule has 0 saturated carbocycles. The van der Waals surface area contributed by atoms with Gasteiger partial charge < -0.3 is 15.0 Å². The van der Waals surface area contributed by atoms with Crippen LogP contribution in [0.1, 0.15) is 36.6 Å². The van der Waals surface area contributed by atoms with Gasteiger partial charge in [0, 0.05) is 5.70 Å². The molecule has 0 spiro atoms. The van der Waals surface area contributed by atoms with Crippen molar-refractivity contribution in [1.82, 2.24) is 9.80 Å². The number of rotatable bonds is 8. The minimum absolute atomic E-state index is 0.00202. The number of esters is 2. The van der Waals surface area contributed by atoms with Crippen LogP contribution in [0.3, 0.4) is 0 Å². The van der Waals surface area contributed by atoms with E-state index in [1.54, 1.807) is 62.4 Å². The molecule has 0 radical (unpaired) electrons. The third-order valence-electron chi connectivity index (χ3n) is 5.85. The largest absolute Gasteiger partial charge is 0.463 e. The fourth-order valence-corrected chi connectivity index (χ4v) is 4.10. The minimum atomic E-state index is -1.32. The highest BCUT2D eigenvalue weighted by atomic mass is 16.5. The average Bonchev–Trinajstić information content (AvgIpc) is 2.91. The zero-order valence-electron chi connectivity index (χ0n) is 20.7. The van der Waals surface area contributed by atoms with Gasteiger partial charge in [0.1, 0.15) is 6.04 Å². The second kappa shape index (κ2) is 11.7. The molecule has 37 heavy (non-hydrogen) atoms. The Labute approximate surface area is 214 Å². The van der Waals surface area contributed by atoms with Crippen LogP contribution >= 0.6 is 0 Å². The van der Waals surface area contributed by atoms with Crippen molar-refractivity contribution in [2.75, 3.05) is 13.7 Å². The first-order valence-electron chi connectivity index (χ1n) is 11.4. The van der Waals surface area contributed by atoms with E-state index >= 15 is 0 Å². The number of carbonyl (C=O) groups is 4. The highest BCUT2D eigenvalue weighted by Crippen LogP contribution is 2.40. The van der Waals surface area contributed by atoms with Gasteiger partial charge in [-0.15, -0.1) is 0 Å². The summed E-state index contributed by atoms with van der Waals surface area (Å²) >= 11 is 0. The Morgan fingerprint density at radius 1 is 1.11 bits per heavy atom. The highest BCUT2D eigenvalue weighted by molar-refractivity contribution is 6.62. The van der Waals surface area contributed by atoms with Crippen LogP contribution in [0.2, 0.25) is 0 Å². The Hall–Kier alpha value is -4.82. The van der Waals surface area contributed by atoms with Gasteiger partial charge in [-0.25, -0.2) is 19.3 Å². The predicted molar refractivity (Wildman–Crippen MR) is 133 cm³/mol. The van der Waals surface area contributed by atoms with Crippen LogP contribution in [0.15, 0.2) is 72.4 Å². The van der Waals surface area contributed by atoms with Crippen molar-refractivity contribution in [3.05, 3.63) is 94.7 Å². The van der Waals surface area contributed by atoms with Gasteiger partial charge in [0.05, 0.1) is 25.8 Å². The second-order valence-electron chi connectivity index (χ2n) is 7.92. The lowest BCUT2D eigenvalue weighted by Gasteiger charge is -2.41. The van der Waals surface area contributed by atoms with Gasteiger partial charge in [-0.05, 0) is 30.5 Å². The van der Waals surface area contributed by atoms with E-state index in [2.05, 4.69) is 16.1 Å². The number of hydrogen-bond donors (Lipinski definition) is 0. The monoisotopic (exact) mass is 502 g/mol. The van der Waals surface area contributed by atoms with Gasteiger partial charge >= 0.3 is 29.6 Å². The molecule has 1 aliphatic rings. The predicted octanol–water partition coefficient (Wildman–Crippen LogP) is 3.52. The van der Waals surface area contributed by atoms with E-state index in [1.165, 1.54) is 11.0 Å². The molecule has 1 aliphatic heterocycles.